The highest BCUT2D eigenvalue weighted by Crippen LogP contribution is 2.31. The molecule has 0 aliphatic carbocycles. The zero-order valence-electron chi connectivity index (χ0n) is 21.4. The van der Waals surface area contributed by atoms with Crippen LogP contribution in [0.25, 0.3) is 16.9 Å². The number of ether oxygens (including phenoxy) is 1. The highest BCUT2D eigenvalue weighted by Gasteiger charge is 2.19. The van der Waals surface area contributed by atoms with Crippen molar-refractivity contribution in [3.8, 4) is 17.0 Å². The maximum absolute atomic E-state index is 14.7. The molecule has 10 nitrogen and oxygen atoms in total. The molecular formula is C27H28F2N6O4. The van der Waals surface area contributed by atoms with Gasteiger partial charge in [0, 0.05) is 35.8 Å². The van der Waals surface area contributed by atoms with Gasteiger partial charge in [0.25, 0.3) is 5.91 Å². The van der Waals surface area contributed by atoms with E-state index in [4.69, 9.17) is 15.6 Å². The Hall–Kier alpha value is -4.58. The van der Waals surface area contributed by atoms with Crippen LogP contribution in [0.1, 0.15) is 35.2 Å². The van der Waals surface area contributed by atoms with Gasteiger partial charge >= 0.3 is 5.97 Å². The minimum Gasteiger partial charge on any atom is -0.494 e. The fourth-order valence-electron chi connectivity index (χ4n) is 4.14. The van der Waals surface area contributed by atoms with E-state index < -0.39 is 23.6 Å². The molecule has 2 heterocycles. The number of carboxylic acids is 1. The highest BCUT2D eigenvalue weighted by atomic mass is 19.2. The molecular weight excluding hydrogens is 510 g/mol. The normalized spacial score (nSPS) is 11.8. The first kappa shape index (κ1) is 27.5. The summed E-state index contributed by atoms with van der Waals surface area (Å²) in [6, 6.07) is 7.06. The number of rotatable bonds is 11. The zero-order valence-corrected chi connectivity index (χ0v) is 21.4. The van der Waals surface area contributed by atoms with Gasteiger partial charge in [0.05, 0.1) is 19.0 Å². The molecule has 0 radical (unpaired) electrons. The van der Waals surface area contributed by atoms with Gasteiger partial charge in [-0.3, -0.25) is 14.0 Å². The minimum atomic E-state index is -1.08. The van der Waals surface area contributed by atoms with Gasteiger partial charge in [0.15, 0.2) is 23.0 Å². The fourth-order valence-corrected chi connectivity index (χ4v) is 4.14. The number of nitrogens with two attached hydrogens (primary N) is 1. The van der Waals surface area contributed by atoms with Crippen LogP contribution < -0.4 is 21.1 Å². The second-order valence-corrected chi connectivity index (χ2v) is 8.91. The van der Waals surface area contributed by atoms with Gasteiger partial charge in [-0.2, -0.15) is 4.39 Å². The number of halogens is 2. The van der Waals surface area contributed by atoms with Crippen LogP contribution in [0.4, 0.5) is 20.3 Å². The number of hydrogen-bond acceptors (Lipinski definition) is 7. The Morgan fingerprint density at radius 1 is 1.15 bits per heavy atom. The van der Waals surface area contributed by atoms with Gasteiger partial charge in [-0.15, -0.1) is 0 Å². The molecule has 1 amide bonds. The van der Waals surface area contributed by atoms with Gasteiger partial charge in [-0.25, -0.2) is 14.4 Å². The number of unbranched alkanes of at least 4 members (excludes halogenated alkanes) is 1. The van der Waals surface area contributed by atoms with Gasteiger partial charge in [0.1, 0.15) is 6.04 Å². The monoisotopic (exact) mass is 538 g/mol. The molecule has 0 saturated carbocycles. The summed E-state index contributed by atoms with van der Waals surface area (Å²) in [5.74, 6) is -3.22. The minimum absolute atomic E-state index is 0.0221. The Morgan fingerprint density at radius 3 is 2.67 bits per heavy atom. The highest BCUT2D eigenvalue weighted by molar-refractivity contribution is 5.96. The van der Waals surface area contributed by atoms with E-state index in [2.05, 4.69) is 20.6 Å². The molecule has 0 saturated heterocycles. The molecule has 4 rings (SSSR count). The largest absolute Gasteiger partial charge is 0.494 e. The second kappa shape index (κ2) is 11.9. The molecule has 5 N–H and O–H groups in total. The summed E-state index contributed by atoms with van der Waals surface area (Å²) in [7, 11) is 1.26. The predicted molar refractivity (Wildman–Crippen MR) is 141 cm³/mol. The molecule has 12 heteroatoms. The van der Waals surface area contributed by atoms with E-state index in [1.165, 1.54) is 31.6 Å². The van der Waals surface area contributed by atoms with Gasteiger partial charge in [-0.05, 0) is 62.1 Å². The van der Waals surface area contributed by atoms with Crippen LogP contribution in [0.15, 0.2) is 48.9 Å². The molecule has 1 unspecified atom stereocenters. The number of carbonyl (C=O) groups excluding carboxylic acids is 1. The molecule has 4 aromatic rings. The van der Waals surface area contributed by atoms with E-state index in [1.54, 1.807) is 35.7 Å². The summed E-state index contributed by atoms with van der Waals surface area (Å²) in [5.41, 5.74) is 8.10. The molecule has 0 aliphatic rings. The number of anilines is 2. The number of carbonyl (C=O) groups is 2. The second-order valence-electron chi connectivity index (χ2n) is 8.91. The SMILES string of the molecule is COc1ccc(-c2cnc3c(Nc4ccc(C(=O)NCCCCC(N)C(=O)O)c(C)c4)nccn23)c(F)c1F. The molecule has 39 heavy (non-hydrogen) atoms. The number of fused-ring (bicyclic) bond motifs is 1. The number of methoxy groups -OCH3 is 1. The molecule has 0 fully saturated rings. The van der Waals surface area contributed by atoms with Crippen molar-refractivity contribution in [3.05, 3.63) is 71.7 Å². The molecule has 1 atom stereocenters. The maximum atomic E-state index is 14.7. The van der Waals surface area contributed by atoms with Crippen molar-refractivity contribution >= 4 is 29.0 Å². The van der Waals surface area contributed by atoms with E-state index in [1.807, 2.05) is 0 Å². The summed E-state index contributed by atoms with van der Waals surface area (Å²) in [6.07, 6.45) is 6.08. The summed E-state index contributed by atoms with van der Waals surface area (Å²) in [4.78, 5) is 32.1. The standard InChI is InChI=1S/C27H28F2N6O4/c1-15-13-16(6-7-17(15)26(36)32-10-4-3-5-19(30)27(37)38)34-24-25-33-14-20(35(25)12-11-31-24)18-8-9-21(39-2)23(29)22(18)28/h6-9,11-14,19H,3-5,10,30H2,1-2H3,(H,31,34)(H,32,36)(H,37,38). The Morgan fingerprint density at radius 2 is 1.95 bits per heavy atom. The number of aromatic nitrogens is 3. The van der Waals surface area contributed by atoms with Crippen LogP contribution in [0.5, 0.6) is 5.75 Å². The van der Waals surface area contributed by atoms with E-state index in [-0.39, 0.29) is 17.2 Å². The van der Waals surface area contributed by atoms with Crippen LogP contribution in [0.3, 0.4) is 0 Å². The predicted octanol–water partition coefficient (Wildman–Crippen LogP) is 4.05. The third-order valence-electron chi connectivity index (χ3n) is 6.25. The van der Waals surface area contributed by atoms with Crippen LogP contribution in [-0.4, -0.2) is 51.0 Å². The Balaban J connectivity index is 1.46. The average molecular weight is 539 g/mol. The molecule has 204 valence electrons. The van der Waals surface area contributed by atoms with Gasteiger partial charge in [-0.1, -0.05) is 0 Å². The van der Waals surface area contributed by atoms with E-state index in [0.717, 1.165) is 5.56 Å². The quantitative estimate of drug-likeness (QED) is 0.210. The lowest BCUT2D eigenvalue weighted by Gasteiger charge is -2.12. The molecule has 0 aliphatic heterocycles. The first-order valence-corrected chi connectivity index (χ1v) is 12.2. The maximum Gasteiger partial charge on any atom is 0.320 e. The summed E-state index contributed by atoms with van der Waals surface area (Å²) in [6.45, 7) is 2.20. The van der Waals surface area contributed by atoms with E-state index >= 15 is 0 Å². The fraction of sp³-hybridized carbons (Fsp3) is 0.259. The number of aliphatic carboxylic acids is 1. The first-order chi connectivity index (χ1) is 18.7. The van der Waals surface area contributed by atoms with Crippen molar-refractivity contribution in [2.45, 2.75) is 32.2 Å². The van der Waals surface area contributed by atoms with Gasteiger partial charge in [0.2, 0.25) is 5.82 Å². The lowest BCUT2D eigenvalue weighted by atomic mass is 10.1. The summed E-state index contributed by atoms with van der Waals surface area (Å²) >= 11 is 0. The van der Waals surface area contributed by atoms with Crippen molar-refractivity contribution < 1.29 is 28.2 Å². The third kappa shape index (κ3) is 5.96. The van der Waals surface area contributed by atoms with Crippen molar-refractivity contribution in [2.75, 3.05) is 19.0 Å². The first-order valence-electron chi connectivity index (χ1n) is 12.2. The topological polar surface area (TPSA) is 144 Å². The number of nitrogens with zero attached hydrogens (tertiary/aromatic N) is 3. The smallest absolute Gasteiger partial charge is 0.320 e. The number of aryl methyl sites for hydroxylation is 1. The number of imidazole rings is 1. The van der Waals surface area contributed by atoms with Crippen molar-refractivity contribution in [1.82, 2.24) is 19.7 Å². The summed E-state index contributed by atoms with van der Waals surface area (Å²) in [5, 5.41) is 14.8. The third-order valence-corrected chi connectivity index (χ3v) is 6.25. The summed E-state index contributed by atoms with van der Waals surface area (Å²) < 4.78 is 35.5. The molecule has 2 aromatic heterocycles. The van der Waals surface area contributed by atoms with Crippen molar-refractivity contribution in [2.24, 2.45) is 5.73 Å². The number of hydrogen-bond donors (Lipinski definition) is 4. The molecule has 2 aromatic carbocycles. The lowest BCUT2D eigenvalue weighted by molar-refractivity contribution is -0.138. The van der Waals surface area contributed by atoms with Crippen molar-refractivity contribution in [3.63, 3.8) is 0 Å². The number of carboxylic acid groups (broad SMARTS) is 1. The Kier molecular flexibility index (Phi) is 8.35. The van der Waals surface area contributed by atoms with Crippen molar-refractivity contribution in [1.29, 1.82) is 0 Å². The average Bonchev–Trinajstić information content (AvgIpc) is 3.34. The van der Waals surface area contributed by atoms with Crippen LogP contribution >= 0.6 is 0 Å². The number of amides is 1. The molecule has 0 spiro atoms. The van der Waals surface area contributed by atoms with Crippen LogP contribution in [0.2, 0.25) is 0 Å². The molecule has 0 bridgehead atoms. The number of benzene rings is 2. The van der Waals surface area contributed by atoms with Crippen LogP contribution in [-0.2, 0) is 4.79 Å². The van der Waals surface area contributed by atoms with Crippen LogP contribution in [0, 0.1) is 18.6 Å². The Labute approximate surface area is 222 Å². The van der Waals surface area contributed by atoms with E-state index in [9.17, 15) is 18.4 Å². The van der Waals surface area contributed by atoms with Gasteiger partial charge < -0.3 is 26.2 Å². The zero-order chi connectivity index (χ0) is 28.1. The Bertz CT molecular complexity index is 1520. The van der Waals surface area contributed by atoms with E-state index in [0.29, 0.717) is 54.2 Å². The number of nitrogens with one attached hydrogen (secondary N) is 2. The lowest BCUT2D eigenvalue weighted by Crippen LogP contribution is -2.30.